The third-order valence-electron chi connectivity index (χ3n) is 3.70. The van der Waals surface area contributed by atoms with Gasteiger partial charge in [0.2, 0.25) is 5.91 Å². The number of carboxylic acids is 1. The van der Waals surface area contributed by atoms with Gasteiger partial charge in [0.1, 0.15) is 0 Å². The van der Waals surface area contributed by atoms with E-state index in [4.69, 9.17) is 5.11 Å². The maximum absolute atomic E-state index is 12.2. The van der Waals surface area contributed by atoms with E-state index in [1.165, 1.54) is 19.3 Å². The van der Waals surface area contributed by atoms with Crippen LogP contribution in [-0.4, -0.2) is 34.5 Å². The standard InChI is InChI=1S/C14H25NO3/c1-11(2)15(9-8-14(17)18)13(16)10-12-6-4-3-5-7-12/h11-12H,3-10H2,1-2H3,(H,17,18). The Labute approximate surface area is 109 Å². The molecule has 104 valence electrons. The van der Waals surface area contributed by atoms with Gasteiger partial charge in [0.25, 0.3) is 0 Å². The molecule has 1 N–H and O–H groups in total. The second-order valence-electron chi connectivity index (χ2n) is 5.53. The van der Waals surface area contributed by atoms with Crippen molar-refractivity contribution in [2.75, 3.05) is 6.54 Å². The summed E-state index contributed by atoms with van der Waals surface area (Å²) in [6, 6.07) is 0.0837. The summed E-state index contributed by atoms with van der Waals surface area (Å²) >= 11 is 0. The molecule has 4 heteroatoms. The van der Waals surface area contributed by atoms with Crippen LogP contribution in [0.4, 0.5) is 0 Å². The summed E-state index contributed by atoms with van der Waals surface area (Å²) in [5.41, 5.74) is 0. The van der Waals surface area contributed by atoms with Crippen molar-refractivity contribution in [3.8, 4) is 0 Å². The molecule has 0 heterocycles. The molecule has 18 heavy (non-hydrogen) atoms. The van der Waals surface area contributed by atoms with Crippen LogP contribution < -0.4 is 0 Å². The van der Waals surface area contributed by atoms with Crippen LogP contribution in [0.1, 0.15) is 58.8 Å². The van der Waals surface area contributed by atoms with E-state index in [-0.39, 0.29) is 18.4 Å². The molecule has 1 amide bonds. The van der Waals surface area contributed by atoms with Crippen molar-refractivity contribution in [1.29, 1.82) is 0 Å². The van der Waals surface area contributed by atoms with Crippen molar-refractivity contribution in [3.05, 3.63) is 0 Å². The molecular formula is C14H25NO3. The lowest BCUT2D eigenvalue weighted by molar-refractivity contribution is -0.139. The minimum Gasteiger partial charge on any atom is -0.481 e. The SMILES string of the molecule is CC(C)N(CCC(=O)O)C(=O)CC1CCCCC1. The lowest BCUT2D eigenvalue weighted by atomic mass is 9.86. The highest BCUT2D eigenvalue weighted by atomic mass is 16.4. The molecular weight excluding hydrogens is 230 g/mol. The van der Waals surface area contributed by atoms with Crippen LogP contribution in [0.3, 0.4) is 0 Å². The van der Waals surface area contributed by atoms with Gasteiger partial charge < -0.3 is 10.0 Å². The molecule has 0 saturated heterocycles. The van der Waals surface area contributed by atoms with Crippen LogP contribution in [0.15, 0.2) is 0 Å². The molecule has 0 aromatic rings. The predicted octanol–water partition coefficient (Wildman–Crippen LogP) is 2.67. The molecule has 1 saturated carbocycles. The fraction of sp³-hybridized carbons (Fsp3) is 0.857. The molecule has 0 spiro atoms. The van der Waals surface area contributed by atoms with Crippen molar-refractivity contribution in [2.45, 2.75) is 64.8 Å². The number of hydrogen-bond acceptors (Lipinski definition) is 2. The number of aliphatic carboxylic acids is 1. The number of amides is 1. The number of rotatable bonds is 6. The summed E-state index contributed by atoms with van der Waals surface area (Å²) in [4.78, 5) is 24.5. The van der Waals surface area contributed by atoms with Gasteiger partial charge in [0.05, 0.1) is 6.42 Å². The molecule has 0 bridgehead atoms. The molecule has 0 unspecified atom stereocenters. The van der Waals surface area contributed by atoms with Crippen molar-refractivity contribution in [3.63, 3.8) is 0 Å². The Hall–Kier alpha value is -1.06. The highest BCUT2D eigenvalue weighted by Gasteiger charge is 2.22. The summed E-state index contributed by atoms with van der Waals surface area (Å²) < 4.78 is 0. The zero-order chi connectivity index (χ0) is 13.5. The summed E-state index contributed by atoms with van der Waals surface area (Å²) in [6.07, 6.45) is 6.68. The van der Waals surface area contributed by atoms with Crippen molar-refractivity contribution in [2.24, 2.45) is 5.92 Å². The molecule has 0 aromatic carbocycles. The lowest BCUT2D eigenvalue weighted by Gasteiger charge is -2.29. The quantitative estimate of drug-likeness (QED) is 0.793. The smallest absolute Gasteiger partial charge is 0.305 e. The average molecular weight is 255 g/mol. The number of hydrogen-bond donors (Lipinski definition) is 1. The maximum atomic E-state index is 12.2. The number of carboxylic acid groups (broad SMARTS) is 1. The van der Waals surface area contributed by atoms with Crippen LogP contribution >= 0.6 is 0 Å². The van der Waals surface area contributed by atoms with E-state index < -0.39 is 5.97 Å². The van der Waals surface area contributed by atoms with Gasteiger partial charge in [0, 0.05) is 19.0 Å². The third-order valence-corrected chi connectivity index (χ3v) is 3.70. The molecule has 0 atom stereocenters. The Morgan fingerprint density at radius 3 is 2.33 bits per heavy atom. The van der Waals surface area contributed by atoms with Gasteiger partial charge in [0.15, 0.2) is 0 Å². The first-order valence-corrected chi connectivity index (χ1v) is 7.02. The van der Waals surface area contributed by atoms with E-state index in [0.717, 1.165) is 12.8 Å². The first-order valence-electron chi connectivity index (χ1n) is 7.02. The zero-order valence-electron chi connectivity index (χ0n) is 11.5. The Morgan fingerprint density at radius 2 is 1.83 bits per heavy atom. The largest absolute Gasteiger partial charge is 0.481 e. The van der Waals surface area contributed by atoms with Gasteiger partial charge in [-0.15, -0.1) is 0 Å². The topological polar surface area (TPSA) is 57.6 Å². The molecule has 0 radical (unpaired) electrons. The fourth-order valence-corrected chi connectivity index (χ4v) is 2.64. The van der Waals surface area contributed by atoms with Gasteiger partial charge in [-0.3, -0.25) is 9.59 Å². The first kappa shape index (κ1) is 15.0. The molecule has 1 rings (SSSR count). The summed E-state index contributed by atoms with van der Waals surface area (Å²) in [7, 11) is 0. The Morgan fingerprint density at radius 1 is 1.22 bits per heavy atom. The fourth-order valence-electron chi connectivity index (χ4n) is 2.64. The molecule has 0 aromatic heterocycles. The minimum absolute atomic E-state index is 0.0363. The normalized spacial score (nSPS) is 16.8. The van der Waals surface area contributed by atoms with Gasteiger partial charge in [-0.2, -0.15) is 0 Å². The minimum atomic E-state index is -0.842. The molecule has 1 aliphatic carbocycles. The van der Waals surface area contributed by atoms with Crippen LogP contribution in [-0.2, 0) is 9.59 Å². The lowest BCUT2D eigenvalue weighted by Crippen LogP contribution is -2.39. The van der Waals surface area contributed by atoms with Crippen LogP contribution in [0.2, 0.25) is 0 Å². The first-order chi connectivity index (χ1) is 8.50. The van der Waals surface area contributed by atoms with E-state index in [0.29, 0.717) is 18.9 Å². The number of carbonyl (C=O) groups is 2. The highest BCUT2D eigenvalue weighted by Crippen LogP contribution is 2.27. The van der Waals surface area contributed by atoms with E-state index in [9.17, 15) is 9.59 Å². The van der Waals surface area contributed by atoms with E-state index in [2.05, 4.69) is 0 Å². The van der Waals surface area contributed by atoms with Crippen LogP contribution in [0.5, 0.6) is 0 Å². The van der Waals surface area contributed by atoms with Crippen LogP contribution in [0, 0.1) is 5.92 Å². The van der Waals surface area contributed by atoms with Gasteiger partial charge in [-0.05, 0) is 32.6 Å². The van der Waals surface area contributed by atoms with Crippen molar-refractivity contribution >= 4 is 11.9 Å². The van der Waals surface area contributed by atoms with Gasteiger partial charge in [-0.25, -0.2) is 0 Å². The van der Waals surface area contributed by atoms with Crippen molar-refractivity contribution in [1.82, 2.24) is 4.90 Å². The average Bonchev–Trinajstić information content (AvgIpc) is 2.29. The van der Waals surface area contributed by atoms with Gasteiger partial charge >= 0.3 is 5.97 Å². The second kappa shape index (κ2) is 7.39. The van der Waals surface area contributed by atoms with Gasteiger partial charge in [-0.1, -0.05) is 19.3 Å². The third kappa shape index (κ3) is 5.07. The summed E-state index contributed by atoms with van der Waals surface area (Å²) in [5.74, 6) is -0.207. The van der Waals surface area contributed by atoms with Crippen LogP contribution in [0.25, 0.3) is 0 Å². The number of carbonyl (C=O) groups excluding carboxylic acids is 1. The Bertz CT molecular complexity index is 283. The molecule has 1 fully saturated rings. The monoisotopic (exact) mass is 255 g/mol. The number of nitrogens with zero attached hydrogens (tertiary/aromatic N) is 1. The molecule has 0 aliphatic heterocycles. The molecule has 4 nitrogen and oxygen atoms in total. The van der Waals surface area contributed by atoms with E-state index in [1.807, 2.05) is 13.8 Å². The van der Waals surface area contributed by atoms with E-state index in [1.54, 1.807) is 4.90 Å². The zero-order valence-corrected chi connectivity index (χ0v) is 11.5. The summed E-state index contributed by atoms with van der Waals surface area (Å²) in [5, 5.41) is 8.71. The second-order valence-corrected chi connectivity index (χ2v) is 5.53. The Balaban J connectivity index is 2.45. The highest BCUT2D eigenvalue weighted by molar-refractivity contribution is 5.77. The maximum Gasteiger partial charge on any atom is 0.305 e. The van der Waals surface area contributed by atoms with Crippen molar-refractivity contribution < 1.29 is 14.7 Å². The predicted molar refractivity (Wildman–Crippen MR) is 70.3 cm³/mol. The summed E-state index contributed by atoms with van der Waals surface area (Å²) in [6.45, 7) is 4.22. The van der Waals surface area contributed by atoms with E-state index >= 15 is 0 Å². The molecule has 1 aliphatic rings. The Kier molecular flexibility index (Phi) is 6.16.